The number of carbonyl (C=O) groups is 3. The predicted octanol–water partition coefficient (Wildman–Crippen LogP) is 6.55. The molecule has 0 aliphatic rings. The molecule has 5 aromatic carbocycles. The van der Waals surface area contributed by atoms with Gasteiger partial charge in [0.2, 0.25) is 11.8 Å². The first-order chi connectivity index (χ1) is 20.0. The van der Waals surface area contributed by atoms with Crippen LogP contribution in [-0.2, 0) is 9.59 Å². The van der Waals surface area contributed by atoms with Crippen molar-refractivity contribution in [1.82, 2.24) is 0 Å². The molecule has 5 aromatic rings. The maximum atomic E-state index is 13.3. The van der Waals surface area contributed by atoms with Crippen molar-refractivity contribution in [1.29, 1.82) is 0 Å². The Labute approximate surface area is 238 Å². The van der Waals surface area contributed by atoms with Gasteiger partial charge in [-0.2, -0.15) is 0 Å². The number of benzene rings is 5. The minimum absolute atomic E-state index is 0.351. The zero-order valence-corrected chi connectivity index (χ0v) is 22.1. The zero-order valence-electron chi connectivity index (χ0n) is 22.1. The highest BCUT2D eigenvalue weighted by atomic mass is 16.2. The van der Waals surface area contributed by atoms with Gasteiger partial charge >= 0.3 is 0 Å². The van der Waals surface area contributed by atoms with Crippen molar-refractivity contribution < 1.29 is 14.4 Å². The Hall–Kier alpha value is -5.69. The van der Waals surface area contributed by atoms with E-state index in [1.165, 1.54) is 0 Å². The van der Waals surface area contributed by atoms with Crippen LogP contribution in [-0.4, -0.2) is 17.7 Å². The van der Waals surface area contributed by atoms with E-state index in [9.17, 15) is 14.4 Å². The Bertz CT molecular complexity index is 1600. The molecule has 41 heavy (non-hydrogen) atoms. The number of nitrogens with two attached hydrogens (primary N) is 1. The van der Waals surface area contributed by atoms with Gasteiger partial charge in [-0.15, -0.1) is 0 Å². The minimum Gasteiger partial charge on any atom is -0.397 e. The standard InChI is InChI=1S/C34H28N4O3/c35-29-21-20-26(23-10-4-1-5-11-23)22-30(29)38-32(39)25-18-16-24(17-19-25)31(33(40)36-27-12-6-2-7-13-27)34(41)37-28-14-8-3-9-15-28/h1-22,31H,35H2,(H,36,40)(H,37,41)(H,38,39). The number of nitrogen functional groups attached to an aromatic ring is 1. The monoisotopic (exact) mass is 540 g/mol. The van der Waals surface area contributed by atoms with Crippen LogP contribution in [0.3, 0.4) is 0 Å². The van der Waals surface area contributed by atoms with Crippen LogP contribution in [0.4, 0.5) is 22.7 Å². The molecule has 5 N–H and O–H groups in total. The van der Waals surface area contributed by atoms with E-state index in [0.29, 0.717) is 33.9 Å². The van der Waals surface area contributed by atoms with Crippen LogP contribution in [0.1, 0.15) is 21.8 Å². The molecule has 0 heterocycles. The third-order valence-corrected chi connectivity index (χ3v) is 6.52. The first kappa shape index (κ1) is 26.9. The Morgan fingerprint density at radius 1 is 0.537 bits per heavy atom. The number of para-hydroxylation sites is 2. The van der Waals surface area contributed by atoms with Crippen molar-refractivity contribution >= 4 is 40.5 Å². The molecule has 0 radical (unpaired) electrons. The lowest BCUT2D eigenvalue weighted by Crippen LogP contribution is -2.32. The fourth-order valence-electron chi connectivity index (χ4n) is 4.39. The summed E-state index contributed by atoms with van der Waals surface area (Å²) in [5.74, 6) is -2.52. The lowest BCUT2D eigenvalue weighted by Gasteiger charge is -2.18. The van der Waals surface area contributed by atoms with E-state index in [-0.39, 0.29) is 5.91 Å². The maximum Gasteiger partial charge on any atom is 0.255 e. The average Bonchev–Trinajstić information content (AvgIpc) is 3.00. The quantitative estimate of drug-likeness (QED) is 0.132. The van der Waals surface area contributed by atoms with Crippen LogP contribution in [0.2, 0.25) is 0 Å². The van der Waals surface area contributed by atoms with Crippen LogP contribution in [0, 0.1) is 0 Å². The SMILES string of the molecule is Nc1ccc(-c2ccccc2)cc1NC(=O)c1ccc(C(C(=O)Nc2ccccc2)C(=O)Nc2ccccc2)cc1. The first-order valence-electron chi connectivity index (χ1n) is 13.1. The summed E-state index contributed by atoms with van der Waals surface area (Å²) in [4.78, 5) is 39.8. The lowest BCUT2D eigenvalue weighted by atomic mass is 9.95. The molecule has 0 aliphatic carbocycles. The molecule has 0 saturated carbocycles. The highest BCUT2D eigenvalue weighted by molar-refractivity contribution is 6.15. The minimum atomic E-state index is -1.16. The van der Waals surface area contributed by atoms with Crippen molar-refractivity contribution in [3.05, 3.63) is 145 Å². The molecular weight excluding hydrogens is 512 g/mol. The van der Waals surface area contributed by atoms with Crippen LogP contribution in [0.25, 0.3) is 11.1 Å². The third kappa shape index (κ3) is 6.66. The van der Waals surface area contributed by atoms with Crippen LogP contribution < -0.4 is 21.7 Å². The van der Waals surface area contributed by atoms with Crippen molar-refractivity contribution in [2.75, 3.05) is 21.7 Å². The van der Waals surface area contributed by atoms with Crippen molar-refractivity contribution in [3.8, 4) is 11.1 Å². The van der Waals surface area contributed by atoms with E-state index in [1.807, 2.05) is 54.6 Å². The first-order valence-corrected chi connectivity index (χ1v) is 13.1. The summed E-state index contributed by atoms with van der Waals surface area (Å²) in [5.41, 5.74) is 10.9. The van der Waals surface area contributed by atoms with Crippen molar-refractivity contribution in [2.24, 2.45) is 0 Å². The summed E-state index contributed by atoms with van der Waals surface area (Å²) < 4.78 is 0. The number of hydrogen-bond donors (Lipinski definition) is 4. The summed E-state index contributed by atoms with van der Waals surface area (Å²) in [5, 5.41) is 8.49. The van der Waals surface area contributed by atoms with Gasteiger partial charge < -0.3 is 21.7 Å². The number of carbonyl (C=O) groups excluding carboxylic acids is 3. The topological polar surface area (TPSA) is 113 Å². The van der Waals surface area contributed by atoms with Gasteiger partial charge in [0.25, 0.3) is 5.91 Å². The van der Waals surface area contributed by atoms with Gasteiger partial charge in [-0.05, 0) is 65.2 Å². The van der Waals surface area contributed by atoms with E-state index in [2.05, 4.69) is 16.0 Å². The number of nitrogens with one attached hydrogen (secondary N) is 3. The van der Waals surface area contributed by atoms with Crippen LogP contribution in [0.15, 0.2) is 133 Å². The molecule has 0 unspecified atom stereocenters. The molecule has 7 heteroatoms. The molecule has 0 spiro atoms. The summed E-state index contributed by atoms with van der Waals surface area (Å²) in [6.07, 6.45) is 0. The number of rotatable bonds is 8. The molecule has 0 atom stereocenters. The summed E-state index contributed by atoms with van der Waals surface area (Å²) in [7, 11) is 0. The summed E-state index contributed by atoms with van der Waals surface area (Å²) in [6.45, 7) is 0. The van der Waals surface area contributed by atoms with Gasteiger partial charge in [-0.25, -0.2) is 0 Å². The van der Waals surface area contributed by atoms with Crippen molar-refractivity contribution in [2.45, 2.75) is 5.92 Å². The zero-order chi connectivity index (χ0) is 28.6. The van der Waals surface area contributed by atoms with Gasteiger partial charge in [-0.3, -0.25) is 14.4 Å². The van der Waals surface area contributed by atoms with E-state index < -0.39 is 17.7 Å². The fraction of sp³-hybridized carbons (Fsp3) is 0.0294. The maximum absolute atomic E-state index is 13.3. The van der Waals surface area contributed by atoms with Crippen LogP contribution >= 0.6 is 0 Å². The highest BCUT2D eigenvalue weighted by Crippen LogP contribution is 2.28. The molecule has 0 fully saturated rings. The second kappa shape index (κ2) is 12.4. The van der Waals surface area contributed by atoms with E-state index in [0.717, 1.165) is 11.1 Å². The normalized spacial score (nSPS) is 10.6. The van der Waals surface area contributed by atoms with E-state index in [1.54, 1.807) is 78.9 Å². The smallest absolute Gasteiger partial charge is 0.255 e. The fourth-order valence-corrected chi connectivity index (χ4v) is 4.39. The molecule has 202 valence electrons. The summed E-state index contributed by atoms with van der Waals surface area (Å²) >= 11 is 0. The molecule has 7 nitrogen and oxygen atoms in total. The Kier molecular flexibility index (Phi) is 8.16. The van der Waals surface area contributed by atoms with Gasteiger partial charge in [-0.1, -0.05) is 84.9 Å². The van der Waals surface area contributed by atoms with E-state index in [4.69, 9.17) is 5.73 Å². The molecule has 0 aromatic heterocycles. The Morgan fingerprint density at radius 3 is 1.59 bits per heavy atom. The van der Waals surface area contributed by atoms with Crippen LogP contribution in [0.5, 0.6) is 0 Å². The molecule has 0 saturated heterocycles. The second-order valence-corrected chi connectivity index (χ2v) is 9.39. The predicted molar refractivity (Wildman–Crippen MR) is 164 cm³/mol. The van der Waals surface area contributed by atoms with Crippen molar-refractivity contribution in [3.63, 3.8) is 0 Å². The lowest BCUT2D eigenvalue weighted by molar-refractivity contribution is -0.125. The van der Waals surface area contributed by atoms with Gasteiger partial charge in [0.1, 0.15) is 5.92 Å². The molecule has 0 aliphatic heterocycles. The van der Waals surface area contributed by atoms with Gasteiger partial charge in [0, 0.05) is 16.9 Å². The third-order valence-electron chi connectivity index (χ3n) is 6.52. The Balaban J connectivity index is 1.37. The second-order valence-electron chi connectivity index (χ2n) is 9.39. The molecule has 3 amide bonds. The van der Waals surface area contributed by atoms with Gasteiger partial charge in [0.05, 0.1) is 11.4 Å². The molecule has 0 bridgehead atoms. The number of amides is 3. The average molecular weight is 541 g/mol. The number of hydrogen-bond acceptors (Lipinski definition) is 4. The molecular formula is C34H28N4O3. The Morgan fingerprint density at radius 2 is 1.05 bits per heavy atom. The number of anilines is 4. The largest absolute Gasteiger partial charge is 0.397 e. The summed E-state index contributed by atoms with van der Waals surface area (Å²) in [6, 6.07) is 39.5. The van der Waals surface area contributed by atoms with Gasteiger partial charge in [0.15, 0.2) is 0 Å². The highest BCUT2D eigenvalue weighted by Gasteiger charge is 2.29. The van der Waals surface area contributed by atoms with E-state index >= 15 is 0 Å². The molecule has 5 rings (SSSR count).